The summed E-state index contributed by atoms with van der Waals surface area (Å²) < 4.78 is 0. The standard InChI is InChI=1S/C11H14N6/c1-2-4-9-8(3-1)11(15-6-13-9)12-5-10-14-7-16-17-10/h6-7H,1-5H2,(H,12,13,15)(H,14,16,17). The molecule has 0 bridgehead atoms. The maximum Gasteiger partial charge on any atom is 0.143 e. The zero-order valence-electron chi connectivity index (χ0n) is 9.48. The number of aromatic nitrogens is 5. The number of rotatable bonds is 3. The highest BCUT2D eigenvalue weighted by Crippen LogP contribution is 2.24. The third-order valence-electron chi connectivity index (χ3n) is 3.01. The first kappa shape index (κ1) is 10.2. The van der Waals surface area contributed by atoms with E-state index in [1.807, 2.05) is 0 Å². The first-order valence-corrected chi connectivity index (χ1v) is 5.84. The molecule has 2 aromatic heterocycles. The Balaban J connectivity index is 1.78. The van der Waals surface area contributed by atoms with Gasteiger partial charge in [-0.05, 0) is 25.7 Å². The minimum Gasteiger partial charge on any atom is -0.362 e. The van der Waals surface area contributed by atoms with Crippen LogP contribution in [0.1, 0.15) is 29.9 Å². The number of nitrogens with one attached hydrogen (secondary N) is 2. The third-order valence-corrected chi connectivity index (χ3v) is 3.01. The van der Waals surface area contributed by atoms with Crippen LogP contribution in [-0.4, -0.2) is 25.1 Å². The van der Waals surface area contributed by atoms with Crippen molar-refractivity contribution in [2.24, 2.45) is 0 Å². The van der Waals surface area contributed by atoms with Crippen molar-refractivity contribution >= 4 is 5.82 Å². The number of aryl methyl sites for hydroxylation is 1. The molecule has 17 heavy (non-hydrogen) atoms. The summed E-state index contributed by atoms with van der Waals surface area (Å²) in [5.41, 5.74) is 2.45. The number of anilines is 1. The maximum absolute atomic E-state index is 4.34. The number of H-pyrrole nitrogens is 1. The van der Waals surface area contributed by atoms with Gasteiger partial charge in [-0.3, -0.25) is 5.10 Å². The van der Waals surface area contributed by atoms with Crippen molar-refractivity contribution in [2.45, 2.75) is 32.2 Å². The van der Waals surface area contributed by atoms with Crippen molar-refractivity contribution in [1.82, 2.24) is 25.1 Å². The van der Waals surface area contributed by atoms with E-state index in [1.165, 1.54) is 30.4 Å². The minimum atomic E-state index is 0.615. The van der Waals surface area contributed by atoms with Crippen LogP contribution in [0.2, 0.25) is 0 Å². The first-order chi connectivity index (χ1) is 8.43. The van der Waals surface area contributed by atoms with Crippen LogP contribution >= 0.6 is 0 Å². The molecule has 0 fully saturated rings. The summed E-state index contributed by atoms with van der Waals surface area (Å²) in [6, 6.07) is 0. The van der Waals surface area contributed by atoms with Crippen molar-refractivity contribution < 1.29 is 0 Å². The molecule has 0 aromatic carbocycles. The van der Waals surface area contributed by atoms with Crippen LogP contribution in [0.15, 0.2) is 12.7 Å². The van der Waals surface area contributed by atoms with E-state index in [1.54, 1.807) is 6.33 Å². The molecule has 0 spiro atoms. The molecule has 6 nitrogen and oxygen atoms in total. The monoisotopic (exact) mass is 230 g/mol. The molecule has 0 saturated heterocycles. The molecule has 0 saturated carbocycles. The van der Waals surface area contributed by atoms with Crippen molar-refractivity contribution in [3.05, 3.63) is 29.7 Å². The second-order valence-corrected chi connectivity index (χ2v) is 4.14. The largest absolute Gasteiger partial charge is 0.362 e. The Morgan fingerprint density at radius 2 is 2.06 bits per heavy atom. The van der Waals surface area contributed by atoms with E-state index >= 15 is 0 Å². The molecule has 88 valence electrons. The van der Waals surface area contributed by atoms with Gasteiger partial charge in [-0.2, -0.15) is 5.10 Å². The summed E-state index contributed by atoms with van der Waals surface area (Å²) in [5, 5.41) is 9.92. The van der Waals surface area contributed by atoms with Crippen molar-refractivity contribution in [3.63, 3.8) is 0 Å². The van der Waals surface area contributed by atoms with Gasteiger partial charge in [0.15, 0.2) is 0 Å². The van der Waals surface area contributed by atoms with E-state index in [-0.39, 0.29) is 0 Å². The third kappa shape index (κ3) is 2.11. The van der Waals surface area contributed by atoms with Crippen molar-refractivity contribution in [1.29, 1.82) is 0 Å². The zero-order valence-corrected chi connectivity index (χ0v) is 9.48. The Morgan fingerprint density at radius 3 is 2.94 bits per heavy atom. The number of hydrogen-bond donors (Lipinski definition) is 2. The molecular weight excluding hydrogens is 216 g/mol. The van der Waals surface area contributed by atoms with Crippen LogP contribution in [0.3, 0.4) is 0 Å². The number of nitrogens with zero attached hydrogens (tertiary/aromatic N) is 4. The smallest absolute Gasteiger partial charge is 0.143 e. The lowest BCUT2D eigenvalue weighted by molar-refractivity contribution is 0.663. The SMILES string of the molecule is c1n[nH]c(CNc2ncnc3c2CCCC3)n1. The number of aromatic amines is 1. The fraction of sp³-hybridized carbons (Fsp3) is 0.455. The van der Waals surface area contributed by atoms with Gasteiger partial charge in [-0.25, -0.2) is 15.0 Å². The summed E-state index contributed by atoms with van der Waals surface area (Å²) >= 11 is 0. The van der Waals surface area contributed by atoms with Crippen LogP contribution in [0, 0.1) is 0 Å². The topological polar surface area (TPSA) is 79.4 Å². The summed E-state index contributed by atoms with van der Waals surface area (Å²) in [4.78, 5) is 12.7. The zero-order chi connectivity index (χ0) is 11.5. The second kappa shape index (κ2) is 4.48. The number of fused-ring (bicyclic) bond motifs is 1. The molecule has 0 radical (unpaired) electrons. The van der Waals surface area contributed by atoms with Gasteiger partial charge in [0.25, 0.3) is 0 Å². The van der Waals surface area contributed by atoms with Gasteiger partial charge in [-0.1, -0.05) is 0 Å². The van der Waals surface area contributed by atoms with Gasteiger partial charge in [0.2, 0.25) is 0 Å². The second-order valence-electron chi connectivity index (χ2n) is 4.14. The van der Waals surface area contributed by atoms with Crippen LogP contribution in [0.5, 0.6) is 0 Å². The van der Waals surface area contributed by atoms with Gasteiger partial charge in [0.05, 0.1) is 6.54 Å². The average molecular weight is 230 g/mol. The van der Waals surface area contributed by atoms with Crippen LogP contribution in [0.4, 0.5) is 5.82 Å². The highest BCUT2D eigenvalue weighted by atomic mass is 15.2. The average Bonchev–Trinajstić information content (AvgIpc) is 2.89. The Morgan fingerprint density at radius 1 is 1.12 bits per heavy atom. The summed E-state index contributed by atoms with van der Waals surface area (Å²) in [5.74, 6) is 1.75. The lowest BCUT2D eigenvalue weighted by Crippen LogP contribution is -2.12. The molecule has 6 heteroatoms. The van der Waals surface area contributed by atoms with Gasteiger partial charge < -0.3 is 5.32 Å². The molecule has 0 aliphatic heterocycles. The Hall–Kier alpha value is -1.98. The van der Waals surface area contributed by atoms with E-state index in [0.29, 0.717) is 6.54 Å². The van der Waals surface area contributed by atoms with Crippen LogP contribution in [0.25, 0.3) is 0 Å². The molecule has 2 heterocycles. The molecule has 2 aromatic rings. The predicted molar refractivity (Wildman–Crippen MR) is 62.4 cm³/mol. The molecule has 2 N–H and O–H groups in total. The fourth-order valence-electron chi connectivity index (χ4n) is 2.16. The van der Waals surface area contributed by atoms with Gasteiger partial charge in [0, 0.05) is 11.3 Å². The van der Waals surface area contributed by atoms with Crippen LogP contribution in [-0.2, 0) is 19.4 Å². The summed E-state index contributed by atoms with van der Waals surface area (Å²) in [6.45, 7) is 0.615. The van der Waals surface area contributed by atoms with E-state index in [0.717, 1.165) is 24.5 Å². The van der Waals surface area contributed by atoms with Gasteiger partial charge >= 0.3 is 0 Å². The molecule has 0 unspecified atom stereocenters. The fourth-order valence-corrected chi connectivity index (χ4v) is 2.16. The van der Waals surface area contributed by atoms with Crippen molar-refractivity contribution in [2.75, 3.05) is 5.32 Å². The summed E-state index contributed by atoms with van der Waals surface area (Å²) in [7, 11) is 0. The molecule has 0 amide bonds. The number of hydrogen-bond acceptors (Lipinski definition) is 5. The molecule has 1 aliphatic rings. The highest BCUT2D eigenvalue weighted by molar-refractivity contribution is 5.46. The summed E-state index contributed by atoms with van der Waals surface area (Å²) in [6.07, 6.45) is 7.71. The quantitative estimate of drug-likeness (QED) is 0.825. The normalized spacial score (nSPS) is 14.4. The Bertz CT molecular complexity index is 493. The van der Waals surface area contributed by atoms with Crippen molar-refractivity contribution in [3.8, 4) is 0 Å². The van der Waals surface area contributed by atoms with E-state index in [9.17, 15) is 0 Å². The minimum absolute atomic E-state index is 0.615. The molecule has 3 rings (SSSR count). The van der Waals surface area contributed by atoms with E-state index < -0.39 is 0 Å². The molecule has 0 atom stereocenters. The van der Waals surface area contributed by atoms with Gasteiger partial charge in [-0.15, -0.1) is 0 Å². The Kier molecular flexibility index (Phi) is 2.69. The highest BCUT2D eigenvalue weighted by Gasteiger charge is 2.15. The lowest BCUT2D eigenvalue weighted by atomic mass is 9.96. The predicted octanol–water partition coefficient (Wildman–Crippen LogP) is 1.09. The lowest BCUT2D eigenvalue weighted by Gasteiger charge is -2.17. The first-order valence-electron chi connectivity index (χ1n) is 5.84. The van der Waals surface area contributed by atoms with Crippen LogP contribution < -0.4 is 5.32 Å². The molecular formula is C11H14N6. The van der Waals surface area contributed by atoms with E-state index in [2.05, 4.69) is 30.5 Å². The maximum atomic E-state index is 4.34. The molecule has 1 aliphatic carbocycles. The Labute approximate surface area is 98.9 Å². The van der Waals surface area contributed by atoms with E-state index in [4.69, 9.17) is 0 Å². The van der Waals surface area contributed by atoms with Gasteiger partial charge in [0.1, 0.15) is 24.3 Å².